The lowest BCUT2D eigenvalue weighted by Gasteiger charge is -2.51. The Morgan fingerprint density at radius 2 is 1.89 bits per heavy atom. The zero-order valence-electron chi connectivity index (χ0n) is 17.3. The average Bonchev–Trinajstić information content (AvgIpc) is 2.93. The predicted molar refractivity (Wildman–Crippen MR) is 105 cm³/mol. The molecule has 154 valence electrons. The lowest BCUT2D eigenvalue weighted by molar-refractivity contribution is -0.376. The molecule has 1 spiro atoms. The van der Waals surface area contributed by atoms with Crippen LogP contribution < -0.4 is 0 Å². The second kappa shape index (κ2) is 6.92. The Bertz CT molecular complexity index is 730. The third kappa shape index (κ3) is 3.43. The summed E-state index contributed by atoms with van der Waals surface area (Å²) in [7, 11) is -2.03. The van der Waals surface area contributed by atoms with Crippen molar-refractivity contribution in [1.29, 1.82) is 0 Å². The number of rotatable bonds is 3. The number of esters is 1. The quantitative estimate of drug-likeness (QED) is 0.556. The first kappa shape index (κ1) is 20.0. The van der Waals surface area contributed by atoms with E-state index in [1.807, 2.05) is 30.3 Å². The van der Waals surface area contributed by atoms with Crippen molar-refractivity contribution in [1.82, 2.24) is 0 Å². The van der Waals surface area contributed by atoms with Crippen molar-refractivity contribution in [3.8, 4) is 0 Å². The normalized spacial score (nSPS) is 35.8. The smallest absolute Gasteiger partial charge is 0.311 e. The largest absolute Gasteiger partial charge is 0.432 e. The molecule has 0 radical (unpaired) electrons. The Labute approximate surface area is 167 Å². The Balaban J connectivity index is 1.55. The van der Waals surface area contributed by atoms with Crippen LogP contribution in [0.25, 0.3) is 0 Å². The number of hydrogen-bond acceptors (Lipinski definition) is 6. The van der Waals surface area contributed by atoms with Crippen molar-refractivity contribution in [2.75, 3.05) is 6.61 Å². The van der Waals surface area contributed by atoms with Gasteiger partial charge in [-0.1, -0.05) is 51.1 Å². The van der Waals surface area contributed by atoms with Gasteiger partial charge in [0.05, 0.1) is 13.0 Å². The van der Waals surface area contributed by atoms with Crippen LogP contribution in [0.15, 0.2) is 30.3 Å². The predicted octanol–water partition coefficient (Wildman–Crippen LogP) is 4.13. The van der Waals surface area contributed by atoms with Crippen LogP contribution in [0.4, 0.5) is 0 Å². The zero-order chi connectivity index (χ0) is 20.2. The second-order valence-electron chi connectivity index (χ2n) is 9.52. The van der Waals surface area contributed by atoms with Crippen molar-refractivity contribution in [2.45, 2.75) is 76.2 Å². The van der Waals surface area contributed by atoms with Crippen LogP contribution in [0.2, 0.25) is 18.1 Å². The lowest BCUT2D eigenvalue weighted by atomic mass is 9.80. The summed E-state index contributed by atoms with van der Waals surface area (Å²) in [5.74, 6) is -0.316. The van der Waals surface area contributed by atoms with Gasteiger partial charge in [-0.2, -0.15) is 0 Å². The van der Waals surface area contributed by atoms with Gasteiger partial charge in [0, 0.05) is 17.9 Å². The highest BCUT2D eigenvalue weighted by Gasteiger charge is 2.63. The van der Waals surface area contributed by atoms with Gasteiger partial charge in [0.1, 0.15) is 5.60 Å². The molecule has 0 saturated carbocycles. The van der Waals surface area contributed by atoms with Gasteiger partial charge in [0.25, 0.3) is 0 Å². The molecule has 4 rings (SSSR count). The van der Waals surface area contributed by atoms with E-state index in [-0.39, 0.29) is 23.3 Å². The van der Waals surface area contributed by atoms with E-state index in [0.29, 0.717) is 13.0 Å². The van der Waals surface area contributed by atoms with Gasteiger partial charge in [0.2, 0.25) is 6.29 Å². The highest BCUT2D eigenvalue weighted by atomic mass is 28.4. The Morgan fingerprint density at radius 1 is 1.18 bits per heavy atom. The van der Waals surface area contributed by atoms with Crippen LogP contribution in [-0.2, 0) is 28.2 Å². The van der Waals surface area contributed by atoms with E-state index in [4.69, 9.17) is 23.4 Å². The first-order valence-electron chi connectivity index (χ1n) is 9.98. The van der Waals surface area contributed by atoms with Crippen LogP contribution in [0.3, 0.4) is 0 Å². The maximum atomic E-state index is 12.2. The Kier molecular flexibility index (Phi) is 4.95. The molecule has 6 nitrogen and oxygen atoms in total. The molecular weight excluding hydrogens is 376 g/mol. The molecule has 1 aromatic carbocycles. The highest BCUT2D eigenvalue weighted by molar-refractivity contribution is 6.74. The zero-order valence-corrected chi connectivity index (χ0v) is 18.3. The Hall–Kier alpha value is -1.25. The summed E-state index contributed by atoms with van der Waals surface area (Å²) in [5.41, 5.74) is 0.108. The summed E-state index contributed by atoms with van der Waals surface area (Å²) in [6.07, 6.45) is -0.904. The van der Waals surface area contributed by atoms with E-state index in [2.05, 4.69) is 33.9 Å². The molecule has 3 fully saturated rings. The molecule has 0 bridgehead atoms. The van der Waals surface area contributed by atoms with Crippen molar-refractivity contribution in [3.63, 3.8) is 0 Å². The van der Waals surface area contributed by atoms with Crippen molar-refractivity contribution in [2.24, 2.45) is 5.92 Å². The van der Waals surface area contributed by atoms with Gasteiger partial charge in [-0.05, 0) is 18.1 Å². The van der Waals surface area contributed by atoms with Crippen LogP contribution in [-0.4, -0.2) is 39.1 Å². The van der Waals surface area contributed by atoms with E-state index in [0.717, 1.165) is 5.56 Å². The molecule has 3 aliphatic heterocycles. The summed E-state index contributed by atoms with van der Waals surface area (Å²) in [4.78, 5) is 12.2. The molecule has 28 heavy (non-hydrogen) atoms. The van der Waals surface area contributed by atoms with Gasteiger partial charge < -0.3 is 23.4 Å². The van der Waals surface area contributed by atoms with Crippen molar-refractivity contribution in [3.05, 3.63) is 35.9 Å². The molecule has 3 heterocycles. The van der Waals surface area contributed by atoms with Gasteiger partial charge in [-0.25, -0.2) is 0 Å². The molecule has 5 atom stereocenters. The maximum Gasteiger partial charge on any atom is 0.311 e. The molecular formula is C21H30O6Si. The van der Waals surface area contributed by atoms with Crippen LogP contribution >= 0.6 is 0 Å². The highest BCUT2D eigenvalue weighted by Crippen LogP contribution is 2.51. The molecule has 1 aromatic rings. The Morgan fingerprint density at radius 3 is 2.57 bits per heavy atom. The fourth-order valence-electron chi connectivity index (χ4n) is 3.87. The van der Waals surface area contributed by atoms with E-state index in [9.17, 15) is 4.79 Å². The molecule has 0 aliphatic carbocycles. The van der Waals surface area contributed by atoms with Gasteiger partial charge in [0.15, 0.2) is 20.9 Å². The summed E-state index contributed by atoms with van der Waals surface area (Å²) < 4.78 is 30.5. The van der Waals surface area contributed by atoms with E-state index in [1.54, 1.807) is 0 Å². The number of benzene rings is 1. The molecule has 3 aliphatic rings. The molecule has 3 saturated heterocycles. The van der Waals surface area contributed by atoms with Crippen LogP contribution in [0, 0.1) is 5.92 Å². The molecule has 7 heteroatoms. The van der Waals surface area contributed by atoms with Gasteiger partial charge in [-0.3, -0.25) is 4.79 Å². The third-order valence-electron chi connectivity index (χ3n) is 6.58. The van der Waals surface area contributed by atoms with Gasteiger partial charge >= 0.3 is 5.97 Å². The average molecular weight is 407 g/mol. The summed E-state index contributed by atoms with van der Waals surface area (Å²) >= 11 is 0. The van der Waals surface area contributed by atoms with E-state index < -0.39 is 32.8 Å². The minimum atomic E-state index is -2.03. The number of hydrogen-bond donors (Lipinski definition) is 0. The fraction of sp³-hybridized carbons (Fsp3) is 0.667. The standard InChI is InChI=1S/C21H30O6Si/c1-20(2,3)28(4,5)27-17-11-15-13-23-18(14-9-7-6-8-10-14)26-21(15)12-16(22)24-19(21)25-17/h6-10,15,17-19H,11-13H2,1-5H3/t15-,17-,18+,19+,21+/m1/s1. The number of carbonyl (C=O) groups excluding carboxylic acids is 1. The SMILES string of the molecule is CC(C)(C)[Si](C)(C)O[C@@H]1C[C@@H]2CO[C@H](c3ccccc3)O[C@@]23CC(=O)O[C@H]3O1. The summed E-state index contributed by atoms with van der Waals surface area (Å²) in [6.45, 7) is 11.4. The first-order chi connectivity index (χ1) is 13.1. The van der Waals surface area contributed by atoms with E-state index >= 15 is 0 Å². The monoisotopic (exact) mass is 406 g/mol. The molecule has 0 aromatic heterocycles. The van der Waals surface area contributed by atoms with Crippen LogP contribution in [0.1, 0.15) is 45.5 Å². The number of ether oxygens (including phenoxy) is 4. The summed E-state index contributed by atoms with van der Waals surface area (Å²) in [5, 5.41) is 0.0647. The molecule has 0 amide bonds. The minimum Gasteiger partial charge on any atom is -0.432 e. The topological polar surface area (TPSA) is 63.2 Å². The fourth-order valence-corrected chi connectivity index (χ4v) is 5.03. The van der Waals surface area contributed by atoms with Crippen molar-refractivity contribution >= 4 is 14.3 Å². The van der Waals surface area contributed by atoms with Crippen LogP contribution in [0.5, 0.6) is 0 Å². The van der Waals surface area contributed by atoms with Crippen molar-refractivity contribution < 1.29 is 28.2 Å². The maximum absolute atomic E-state index is 12.2. The van der Waals surface area contributed by atoms with E-state index in [1.165, 1.54) is 0 Å². The molecule has 0 unspecified atom stereocenters. The van der Waals surface area contributed by atoms with Gasteiger partial charge in [-0.15, -0.1) is 0 Å². The summed E-state index contributed by atoms with van der Waals surface area (Å²) in [6, 6.07) is 9.76. The minimum absolute atomic E-state index is 0.0209. The first-order valence-corrected chi connectivity index (χ1v) is 12.9. The molecule has 0 N–H and O–H groups in total. The lowest BCUT2D eigenvalue weighted by Crippen LogP contribution is -2.61. The second-order valence-corrected chi connectivity index (χ2v) is 14.3. The third-order valence-corrected chi connectivity index (χ3v) is 11.0. The number of carbonyl (C=O) groups is 1.